The van der Waals surface area contributed by atoms with Crippen molar-refractivity contribution in [3.05, 3.63) is 89.7 Å². The van der Waals surface area contributed by atoms with Gasteiger partial charge in [-0.1, -0.05) is 48.0 Å². The highest BCUT2D eigenvalue weighted by atomic mass is 32.2. The van der Waals surface area contributed by atoms with Crippen LogP contribution >= 0.6 is 0 Å². The summed E-state index contributed by atoms with van der Waals surface area (Å²) in [6.07, 6.45) is 0.701. The van der Waals surface area contributed by atoms with Gasteiger partial charge >= 0.3 is 0 Å². The summed E-state index contributed by atoms with van der Waals surface area (Å²) < 4.78 is 42.2. The van der Waals surface area contributed by atoms with Gasteiger partial charge in [0, 0.05) is 12.2 Å². The number of hydrogen-bond acceptors (Lipinski definition) is 3. The lowest BCUT2D eigenvalue weighted by molar-refractivity contribution is -0.117. The molecule has 0 spiro atoms. The van der Waals surface area contributed by atoms with Gasteiger partial charge in [0.1, 0.15) is 12.4 Å². The van der Waals surface area contributed by atoms with Gasteiger partial charge in [0.15, 0.2) is 0 Å². The zero-order valence-electron chi connectivity index (χ0n) is 16.5. The number of nitrogens with zero attached hydrogens (tertiary/aromatic N) is 2. The van der Waals surface area contributed by atoms with Crippen LogP contribution in [0.5, 0.6) is 0 Å². The lowest BCUT2D eigenvalue weighted by atomic mass is 10.2. The van der Waals surface area contributed by atoms with Gasteiger partial charge < -0.3 is 4.90 Å². The van der Waals surface area contributed by atoms with Crippen LogP contribution in [0.2, 0.25) is 0 Å². The summed E-state index contributed by atoms with van der Waals surface area (Å²) in [6.45, 7) is 1.82. The predicted octanol–water partition coefficient (Wildman–Crippen LogP) is 3.92. The van der Waals surface area contributed by atoms with E-state index < -0.39 is 28.3 Å². The van der Waals surface area contributed by atoms with Gasteiger partial charge in [-0.3, -0.25) is 9.10 Å². The average Bonchev–Trinajstić information content (AvgIpc) is 3.17. The Kier molecular flexibility index (Phi) is 5.30. The Bertz CT molecular complexity index is 1190. The molecule has 154 valence electrons. The molecule has 5 nitrogen and oxygen atoms in total. The number of hydrogen-bond donors (Lipinski definition) is 0. The summed E-state index contributed by atoms with van der Waals surface area (Å²) in [5.41, 5.74) is 2.54. The van der Waals surface area contributed by atoms with E-state index in [1.165, 1.54) is 30.3 Å². The van der Waals surface area contributed by atoms with Crippen LogP contribution in [0.4, 0.5) is 15.8 Å². The molecule has 3 aromatic rings. The van der Waals surface area contributed by atoms with Gasteiger partial charge in [-0.25, -0.2) is 12.8 Å². The molecule has 1 aliphatic rings. The van der Waals surface area contributed by atoms with Crippen LogP contribution in [0.3, 0.4) is 0 Å². The van der Waals surface area contributed by atoms with Crippen LogP contribution in [-0.2, 0) is 21.2 Å². The summed E-state index contributed by atoms with van der Waals surface area (Å²) >= 11 is 0. The third-order valence-corrected chi connectivity index (χ3v) is 6.97. The maximum atomic E-state index is 14.6. The lowest BCUT2D eigenvalue weighted by Crippen LogP contribution is -2.43. The molecule has 30 heavy (non-hydrogen) atoms. The summed E-state index contributed by atoms with van der Waals surface area (Å²) in [5, 5.41) is 0. The van der Waals surface area contributed by atoms with E-state index in [0.29, 0.717) is 13.0 Å². The molecule has 1 heterocycles. The third-order valence-electron chi connectivity index (χ3n) is 5.20. The summed E-state index contributed by atoms with van der Waals surface area (Å²) in [7, 11) is -4.15. The quantitative estimate of drug-likeness (QED) is 0.624. The monoisotopic (exact) mass is 424 g/mol. The molecule has 0 aromatic heterocycles. The molecule has 7 heteroatoms. The molecule has 0 aliphatic carbocycles. The summed E-state index contributed by atoms with van der Waals surface area (Å²) in [4.78, 5) is 14.7. The second-order valence-corrected chi connectivity index (χ2v) is 9.06. The highest BCUT2D eigenvalue weighted by Gasteiger charge is 2.32. The average molecular weight is 424 g/mol. The third kappa shape index (κ3) is 3.68. The fraction of sp³-hybridized carbons (Fsp3) is 0.174. The van der Waals surface area contributed by atoms with E-state index in [4.69, 9.17) is 0 Å². The van der Waals surface area contributed by atoms with Gasteiger partial charge in [0.25, 0.3) is 10.0 Å². The van der Waals surface area contributed by atoms with Crippen molar-refractivity contribution < 1.29 is 17.6 Å². The van der Waals surface area contributed by atoms with Gasteiger partial charge in [0.2, 0.25) is 5.91 Å². The molecule has 0 atom stereocenters. The maximum absolute atomic E-state index is 14.6. The highest BCUT2D eigenvalue weighted by Crippen LogP contribution is 2.30. The number of benzene rings is 3. The Balaban J connectivity index is 1.73. The summed E-state index contributed by atoms with van der Waals surface area (Å²) in [5.74, 6) is -1.11. The first-order chi connectivity index (χ1) is 14.4. The Morgan fingerprint density at radius 3 is 2.40 bits per heavy atom. The Labute approximate surface area is 175 Å². The zero-order valence-corrected chi connectivity index (χ0v) is 17.3. The number of para-hydroxylation sites is 2. The Hall–Kier alpha value is -3.19. The van der Waals surface area contributed by atoms with E-state index >= 15 is 0 Å². The molecule has 3 aromatic carbocycles. The normalized spacial score (nSPS) is 13.2. The molecule has 4 rings (SSSR count). The number of fused-ring (bicyclic) bond motifs is 1. The first-order valence-corrected chi connectivity index (χ1v) is 11.0. The fourth-order valence-corrected chi connectivity index (χ4v) is 5.02. The molecule has 1 amide bonds. The number of rotatable bonds is 5. The minimum Gasteiger partial charge on any atom is -0.310 e. The van der Waals surface area contributed by atoms with Crippen LogP contribution in [0.25, 0.3) is 0 Å². The van der Waals surface area contributed by atoms with Crippen molar-refractivity contribution in [2.75, 3.05) is 22.3 Å². The lowest BCUT2D eigenvalue weighted by Gasteiger charge is -2.27. The van der Waals surface area contributed by atoms with E-state index in [9.17, 15) is 17.6 Å². The van der Waals surface area contributed by atoms with Crippen molar-refractivity contribution in [1.29, 1.82) is 0 Å². The smallest absolute Gasteiger partial charge is 0.264 e. The van der Waals surface area contributed by atoms with Gasteiger partial charge in [0.05, 0.1) is 10.6 Å². The number of halogens is 1. The van der Waals surface area contributed by atoms with Gasteiger partial charge in [-0.2, -0.15) is 0 Å². The fourth-order valence-electron chi connectivity index (χ4n) is 3.60. The molecular formula is C23H21FN2O3S. The van der Waals surface area contributed by atoms with Crippen molar-refractivity contribution in [3.63, 3.8) is 0 Å². The number of amides is 1. The molecule has 0 fully saturated rings. The number of aryl methyl sites for hydroxylation is 1. The molecule has 0 radical (unpaired) electrons. The first kappa shape index (κ1) is 20.1. The molecule has 0 bridgehead atoms. The highest BCUT2D eigenvalue weighted by molar-refractivity contribution is 7.92. The zero-order chi connectivity index (χ0) is 21.3. The molecular weight excluding hydrogens is 403 g/mol. The van der Waals surface area contributed by atoms with Crippen molar-refractivity contribution in [1.82, 2.24) is 0 Å². The van der Waals surface area contributed by atoms with Crippen molar-refractivity contribution in [2.45, 2.75) is 18.2 Å². The predicted molar refractivity (Wildman–Crippen MR) is 115 cm³/mol. The van der Waals surface area contributed by atoms with Crippen LogP contribution in [0, 0.1) is 12.7 Å². The van der Waals surface area contributed by atoms with E-state index in [-0.39, 0.29) is 10.6 Å². The molecule has 0 unspecified atom stereocenters. The molecule has 0 saturated carbocycles. The largest absolute Gasteiger partial charge is 0.310 e. The number of carbonyl (C=O) groups excluding carboxylic acids is 1. The molecule has 0 N–H and O–H groups in total. The van der Waals surface area contributed by atoms with Gasteiger partial charge in [-0.05, 0) is 49.2 Å². The minimum absolute atomic E-state index is 0.00553. The summed E-state index contributed by atoms with van der Waals surface area (Å²) in [6, 6.07) is 19.4. The topological polar surface area (TPSA) is 57.7 Å². The van der Waals surface area contributed by atoms with E-state index in [0.717, 1.165) is 21.1 Å². The number of carbonyl (C=O) groups is 1. The number of sulfonamides is 1. The first-order valence-electron chi connectivity index (χ1n) is 9.60. The Morgan fingerprint density at radius 1 is 1.00 bits per heavy atom. The van der Waals surface area contributed by atoms with Crippen LogP contribution in [0.1, 0.15) is 11.1 Å². The maximum Gasteiger partial charge on any atom is 0.264 e. The standard InChI is InChI=1S/C23H21FN2O3S/c1-17-10-12-19(13-11-17)30(28,29)26(22-9-5-3-7-20(22)24)16-23(27)25-15-14-18-6-2-4-8-21(18)25/h2-13H,14-16H2,1H3. The SMILES string of the molecule is Cc1ccc(S(=O)(=O)N(CC(=O)N2CCc3ccccc32)c2ccccc2F)cc1. The minimum atomic E-state index is -4.15. The second kappa shape index (κ2) is 7.91. The molecule has 1 aliphatic heterocycles. The van der Waals surface area contributed by atoms with Crippen LogP contribution in [0.15, 0.2) is 77.7 Å². The second-order valence-electron chi connectivity index (χ2n) is 7.20. The number of anilines is 2. The van der Waals surface area contributed by atoms with Crippen LogP contribution in [-0.4, -0.2) is 27.4 Å². The molecule has 0 saturated heterocycles. The van der Waals surface area contributed by atoms with Crippen molar-refractivity contribution in [2.24, 2.45) is 0 Å². The van der Waals surface area contributed by atoms with Crippen molar-refractivity contribution >= 4 is 27.3 Å². The van der Waals surface area contributed by atoms with Gasteiger partial charge in [-0.15, -0.1) is 0 Å². The Morgan fingerprint density at radius 2 is 1.67 bits per heavy atom. The van der Waals surface area contributed by atoms with E-state index in [1.54, 1.807) is 23.1 Å². The van der Waals surface area contributed by atoms with E-state index in [1.807, 2.05) is 31.2 Å². The van der Waals surface area contributed by atoms with Crippen molar-refractivity contribution in [3.8, 4) is 0 Å². The van der Waals surface area contributed by atoms with E-state index in [2.05, 4.69) is 0 Å². The van der Waals surface area contributed by atoms with Crippen LogP contribution < -0.4 is 9.21 Å².